The molecule has 0 radical (unpaired) electrons. The fourth-order valence-electron chi connectivity index (χ4n) is 1.73. The maximum absolute atomic E-state index is 11.1. The number of nitrogen functional groups attached to an aromatic ring is 1. The van der Waals surface area contributed by atoms with Crippen molar-refractivity contribution in [3.8, 4) is 0 Å². The van der Waals surface area contributed by atoms with E-state index in [-0.39, 0.29) is 75.6 Å². The molecular formula is C10H7NNa2O6S2. The van der Waals surface area contributed by atoms with Crippen LogP contribution < -0.4 is 64.8 Å². The Bertz CT molecular complexity index is 880. The predicted octanol–water partition coefficient (Wildman–Crippen LogP) is -5.76. The van der Waals surface area contributed by atoms with Gasteiger partial charge in [-0.05, 0) is 23.6 Å². The van der Waals surface area contributed by atoms with Crippen LogP contribution in [0.3, 0.4) is 0 Å². The summed E-state index contributed by atoms with van der Waals surface area (Å²) in [6.45, 7) is 0. The van der Waals surface area contributed by atoms with Crippen molar-refractivity contribution in [1.82, 2.24) is 0 Å². The van der Waals surface area contributed by atoms with Crippen LogP contribution in [0.25, 0.3) is 10.8 Å². The van der Waals surface area contributed by atoms with Gasteiger partial charge in [-0.2, -0.15) is 0 Å². The van der Waals surface area contributed by atoms with Gasteiger partial charge in [-0.25, -0.2) is 16.8 Å². The van der Waals surface area contributed by atoms with Gasteiger partial charge >= 0.3 is 59.1 Å². The van der Waals surface area contributed by atoms with Crippen LogP contribution in [0.2, 0.25) is 0 Å². The van der Waals surface area contributed by atoms with Gasteiger partial charge in [0.15, 0.2) is 0 Å². The molecular weight excluding hydrogens is 340 g/mol. The first-order valence-corrected chi connectivity index (χ1v) is 7.66. The van der Waals surface area contributed by atoms with Crippen molar-refractivity contribution >= 4 is 36.7 Å². The Hall–Kier alpha value is 0.320. The number of fused-ring (bicyclic) bond motifs is 1. The molecule has 0 heterocycles. The smallest absolute Gasteiger partial charge is 0.744 e. The number of hydrogen-bond donors (Lipinski definition) is 1. The van der Waals surface area contributed by atoms with Gasteiger partial charge in [0, 0.05) is 11.1 Å². The van der Waals surface area contributed by atoms with Crippen molar-refractivity contribution in [1.29, 1.82) is 0 Å². The molecule has 0 unspecified atom stereocenters. The Morgan fingerprint density at radius 1 is 0.857 bits per heavy atom. The van der Waals surface area contributed by atoms with Crippen molar-refractivity contribution in [3.63, 3.8) is 0 Å². The van der Waals surface area contributed by atoms with Crippen LogP contribution in [0.5, 0.6) is 0 Å². The van der Waals surface area contributed by atoms with Gasteiger partial charge in [-0.3, -0.25) is 0 Å². The molecule has 2 N–H and O–H groups in total. The number of nitrogens with two attached hydrogens (primary N) is 1. The van der Waals surface area contributed by atoms with Crippen LogP contribution in [0, 0.1) is 0 Å². The van der Waals surface area contributed by atoms with E-state index in [1.54, 1.807) is 0 Å². The topological polar surface area (TPSA) is 140 Å². The molecule has 0 spiro atoms. The molecule has 0 aliphatic heterocycles. The van der Waals surface area contributed by atoms with Crippen LogP contribution in [-0.4, -0.2) is 25.9 Å². The summed E-state index contributed by atoms with van der Waals surface area (Å²) in [6, 6.07) is 5.48. The Balaban J connectivity index is 0.00000200. The van der Waals surface area contributed by atoms with Gasteiger partial charge in [0.25, 0.3) is 0 Å². The summed E-state index contributed by atoms with van der Waals surface area (Å²) in [5.74, 6) is 0. The summed E-state index contributed by atoms with van der Waals surface area (Å²) < 4.78 is 66.0. The number of rotatable bonds is 2. The quantitative estimate of drug-likeness (QED) is 0.324. The molecule has 0 saturated heterocycles. The maximum atomic E-state index is 11.1. The van der Waals surface area contributed by atoms with Crippen LogP contribution >= 0.6 is 0 Å². The third-order valence-corrected chi connectivity index (χ3v) is 4.30. The SMILES string of the molecule is Nc1ccc2cc(S(=O)(=O)[O-])ccc2c1S(=O)(=O)[O-].[Na+].[Na+]. The summed E-state index contributed by atoms with van der Waals surface area (Å²) in [7, 11) is -9.47. The summed E-state index contributed by atoms with van der Waals surface area (Å²) in [4.78, 5) is -1.14. The van der Waals surface area contributed by atoms with Crippen LogP contribution in [0.15, 0.2) is 40.1 Å². The largest absolute Gasteiger partial charge is 1.00 e. The minimum atomic E-state index is -4.81. The van der Waals surface area contributed by atoms with Gasteiger partial charge in [-0.15, -0.1) is 0 Å². The second kappa shape index (κ2) is 7.26. The molecule has 21 heavy (non-hydrogen) atoms. The molecule has 0 aromatic heterocycles. The van der Waals surface area contributed by atoms with E-state index in [2.05, 4.69) is 0 Å². The molecule has 0 amide bonds. The molecule has 7 nitrogen and oxygen atoms in total. The van der Waals surface area contributed by atoms with Gasteiger partial charge in [0.05, 0.1) is 9.79 Å². The van der Waals surface area contributed by atoms with Crippen molar-refractivity contribution < 1.29 is 85.1 Å². The monoisotopic (exact) mass is 347 g/mol. The van der Waals surface area contributed by atoms with Gasteiger partial charge in [-0.1, -0.05) is 12.1 Å². The van der Waals surface area contributed by atoms with Crippen molar-refractivity contribution in [2.75, 3.05) is 5.73 Å². The average molecular weight is 347 g/mol. The van der Waals surface area contributed by atoms with Crippen LogP contribution in [-0.2, 0) is 20.2 Å². The standard InChI is InChI=1S/C10H9NO6S2.2Na/c11-9-4-1-6-5-7(18(12,13)14)2-3-8(6)10(9)19(15,16)17;;/h1-5H,11H2,(H,12,13,14)(H,15,16,17);;/q;2*+1/p-2. The molecule has 2 rings (SSSR count). The van der Waals surface area contributed by atoms with Gasteiger partial charge < -0.3 is 14.8 Å². The Kier molecular flexibility index (Phi) is 7.37. The summed E-state index contributed by atoms with van der Waals surface area (Å²) in [6.07, 6.45) is 0. The Morgan fingerprint density at radius 2 is 1.43 bits per heavy atom. The first-order chi connectivity index (χ1) is 8.60. The third kappa shape index (κ3) is 4.64. The average Bonchev–Trinajstić information content (AvgIpc) is 2.25. The second-order valence-corrected chi connectivity index (χ2v) is 6.47. The fraction of sp³-hybridized carbons (Fsp3) is 0. The maximum Gasteiger partial charge on any atom is 1.00 e. The van der Waals surface area contributed by atoms with E-state index in [4.69, 9.17) is 5.73 Å². The zero-order valence-electron chi connectivity index (χ0n) is 11.2. The minimum Gasteiger partial charge on any atom is -0.744 e. The molecule has 0 aliphatic carbocycles. The molecule has 0 aliphatic rings. The van der Waals surface area contributed by atoms with Crippen molar-refractivity contribution in [3.05, 3.63) is 30.3 Å². The Labute approximate surface area is 166 Å². The Morgan fingerprint density at radius 3 is 1.90 bits per heavy atom. The second-order valence-electron chi connectivity index (χ2n) is 3.78. The molecule has 0 bridgehead atoms. The zero-order chi connectivity index (χ0) is 14.4. The van der Waals surface area contributed by atoms with E-state index in [0.29, 0.717) is 0 Å². The third-order valence-electron chi connectivity index (χ3n) is 2.51. The van der Waals surface area contributed by atoms with E-state index in [1.165, 1.54) is 6.07 Å². The number of hydrogen-bond acceptors (Lipinski definition) is 7. The van der Waals surface area contributed by atoms with Crippen LogP contribution in [0.1, 0.15) is 0 Å². The van der Waals surface area contributed by atoms with Crippen LogP contribution in [0.4, 0.5) is 5.69 Å². The zero-order valence-corrected chi connectivity index (χ0v) is 16.9. The molecule has 11 heteroatoms. The van der Waals surface area contributed by atoms with E-state index >= 15 is 0 Å². The first-order valence-electron chi connectivity index (χ1n) is 4.85. The first kappa shape index (κ1) is 21.3. The molecule has 102 valence electrons. The summed E-state index contributed by atoms with van der Waals surface area (Å²) >= 11 is 0. The molecule has 2 aromatic rings. The normalized spacial score (nSPS) is 11.5. The van der Waals surface area contributed by atoms with E-state index < -0.39 is 30.0 Å². The molecule has 0 fully saturated rings. The molecule has 0 saturated carbocycles. The minimum absolute atomic E-state index is 0. The predicted molar refractivity (Wildman–Crippen MR) is 64.3 cm³/mol. The molecule has 2 aromatic carbocycles. The summed E-state index contributed by atoms with van der Waals surface area (Å²) in [5, 5.41) is 0.1000. The van der Waals surface area contributed by atoms with E-state index in [9.17, 15) is 25.9 Å². The van der Waals surface area contributed by atoms with Crippen molar-refractivity contribution in [2.24, 2.45) is 0 Å². The summed E-state index contributed by atoms with van der Waals surface area (Å²) in [5.41, 5.74) is 5.20. The van der Waals surface area contributed by atoms with Gasteiger partial charge in [0.2, 0.25) is 0 Å². The van der Waals surface area contributed by atoms with Gasteiger partial charge in [0.1, 0.15) is 20.2 Å². The van der Waals surface area contributed by atoms with E-state index in [1.807, 2.05) is 0 Å². The number of anilines is 1. The number of benzene rings is 2. The van der Waals surface area contributed by atoms with Crippen molar-refractivity contribution in [2.45, 2.75) is 9.79 Å². The fourth-order valence-corrected chi connectivity index (χ4v) is 3.05. The van der Waals surface area contributed by atoms with E-state index in [0.717, 1.165) is 24.3 Å². The molecule has 0 atom stereocenters.